The average molecular weight is 248 g/mol. The summed E-state index contributed by atoms with van der Waals surface area (Å²) in [4.78, 5) is -0.533. The van der Waals surface area contributed by atoms with Crippen LogP contribution in [0.2, 0.25) is 0 Å². The van der Waals surface area contributed by atoms with Crippen molar-refractivity contribution in [2.24, 2.45) is 0 Å². The highest BCUT2D eigenvalue weighted by molar-refractivity contribution is 14.0. The van der Waals surface area contributed by atoms with Crippen molar-refractivity contribution in [3.8, 4) is 0 Å². The van der Waals surface area contributed by atoms with Crippen molar-refractivity contribution in [3.05, 3.63) is 0 Å². The predicted molar refractivity (Wildman–Crippen MR) is 49.8 cm³/mol. The molecule has 0 spiro atoms. The van der Waals surface area contributed by atoms with Crippen LogP contribution in [0.25, 0.3) is 0 Å². The number of hydrogen-bond donors (Lipinski definition) is 1. The summed E-state index contributed by atoms with van der Waals surface area (Å²) in [6, 6.07) is 0. The molecule has 0 bridgehead atoms. The lowest BCUT2D eigenvalue weighted by atomic mass is 10.5. The molecule has 0 fully saturated rings. The van der Waals surface area contributed by atoms with E-state index in [0.29, 0.717) is 0 Å². The van der Waals surface area contributed by atoms with Crippen LogP contribution in [0.1, 0.15) is 20.8 Å². The van der Waals surface area contributed by atoms with E-state index in [2.05, 4.69) is 0 Å². The van der Waals surface area contributed by atoms with Crippen molar-refractivity contribution in [2.75, 3.05) is 5.75 Å². The second-order valence-corrected chi connectivity index (χ2v) is 3.74. The van der Waals surface area contributed by atoms with E-state index in [0.717, 1.165) is 5.75 Å². The summed E-state index contributed by atoms with van der Waals surface area (Å²) in [7, 11) is 0. The summed E-state index contributed by atoms with van der Waals surface area (Å²) in [6.07, 6.45) is 0. The highest BCUT2D eigenvalue weighted by Crippen LogP contribution is 2.18. The zero-order valence-electron chi connectivity index (χ0n) is 5.47. The molecule has 0 aliphatic heterocycles. The summed E-state index contributed by atoms with van der Waals surface area (Å²) in [6.45, 7) is 5.62. The van der Waals surface area contributed by atoms with Crippen LogP contribution < -0.4 is 0 Å². The first-order valence-electron chi connectivity index (χ1n) is 2.42. The Labute approximate surface area is 72.3 Å². The van der Waals surface area contributed by atoms with Crippen molar-refractivity contribution in [2.45, 2.75) is 25.7 Å². The molecule has 8 heavy (non-hydrogen) atoms. The van der Waals surface area contributed by atoms with Crippen LogP contribution in [0.4, 0.5) is 0 Å². The highest BCUT2D eigenvalue weighted by atomic mass is 127. The van der Waals surface area contributed by atoms with Gasteiger partial charge in [0.2, 0.25) is 0 Å². The van der Waals surface area contributed by atoms with Gasteiger partial charge in [0.15, 0.2) is 0 Å². The fourth-order valence-corrected chi connectivity index (χ4v) is 1.06. The third-order valence-corrected chi connectivity index (χ3v) is 1.49. The Balaban J connectivity index is 0. The molecule has 0 aromatic heterocycles. The average Bonchev–Trinajstić information content (AvgIpc) is 1.30. The molecule has 0 aliphatic carbocycles. The molecule has 0 saturated carbocycles. The third-order valence-electron chi connectivity index (χ3n) is 0.498. The maximum atomic E-state index is 8.98. The number of hydrogen-bond acceptors (Lipinski definition) is 2. The Hall–Kier alpha value is 1.04. The topological polar surface area (TPSA) is 20.2 Å². The van der Waals surface area contributed by atoms with Gasteiger partial charge in [-0.25, -0.2) is 0 Å². The lowest BCUT2D eigenvalue weighted by Crippen LogP contribution is -2.12. The Morgan fingerprint density at radius 1 is 1.50 bits per heavy atom. The Bertz CT molecular complexity index is 50.9. The van der Waals surface area contributed by atoms with Gasteiger partial charge in [0, 0.05) is 0 Å². The van der Waals surface area contributed by atoms with Gasteiger partial charge in [-0.1, -0.05) is 6.92 Å². The van der Waals surface area contributed by atoms with Gasteiger partial charge in [-0.15, -0.1) is 35.7 Å². The fourth-order valence-electron chi connectivity index (χ4n) is 0.353. The first-order chi connectivity index (χ1) is 3.06. The van der Waals surface area contributed by atoms with Crippen molar-refractivity contribution in [3.63, 3.8) is 0 Å². The smallest absolute Gasteiger partial charge is 0.104 e. The molecule has 0 atom stereocenters. The van der Waals surface area contributed by atoms with Gasteiger partial charge in [-0.05, 0) is 19.6 Å². The minimum absolute atomic E-state index is 0. The van der Waals surface area contributed by atoms with Crippen LogP contribution in [-0.4, -0.2) is 15.8 Å². The summed E-state index contributed by atoms with van der Waals surface area (Å²) in [5.41, 5.74) is 0. The summed E-state index contributed by atoms with van der Waals surface area (Å²) >= 11 is 1.54. The quantitative estimate of drug-likeness (QED) is 0.596. The predicted octanol–water partition coefficient (Wildman–Crippen LogP) is 2.09. The van der Waals surface area contributed by atoms with E-state index in [1.165, 1.54) is 0 Å². The summed E-state index contributed by atoms with van der Waals surface area (Å²) in [5.74, 6) is 0.976. The second-order valence-electron chi connectivity index (χ2n) is 1.88. The molecule has 0 amide bonds. The molecule has 0 saturated heterocycles. The van der Waals surface area contributed by atoms with Crippen molar-refractivity contribution in [1.82, 2.24) is 0 Å². The van der Waals surface area contributed by atoms with E-state index in [-0.39, 0.29) is 24.0 Å². The normalized spacial score (nSPS) is 10.5. The molecular formula is C5H13IOS. The van der Waals surface area contributed by atoms with Crippen molar-refractivity contribution in [1.29, 1.82) is 0 Å². The van der Waals surface area contributed by atoms with E-state index in [1.807, 2.05) is 6.92 Å². The molecule has 0 aliphatic rings. The minimum Gasteiger partial charge on any atom is -0.380 e. The van der Waals surface area contributed by atoms with Gasteiger partial charge in [0.25, 0.3) is 0 Å². The van der Waals surface area contributed by atoms with Gasteiger partial charge in [-0.2, -0.15) is 0 Å². The van der Waals surface area contributed by atoms with Crippen LogP contribution in [0, 0.1) is 0 Å². The zero-order valence-corrected chi connectivity index (χ0v) is 8.62. The van der Waals surface area contributed by atoms with E-state index in [4.69, 9.17) is 5.11 Å². The number of thioether (sulfide) groups is 1. The summed E-state index contributed by atoms with van der Waals surface area (Å²) in [5, 5.41) is 8.98. The largest absolute Gasteiger partial charge is 0.380 e. The molecule has 52 valence electrons. The molecule has 0 radical (unpaired) electrons. The Morgan fingerprint density at radius 2 is 1.88 bits per heavy atom. The lowest BCUT2D eigenvalue weighted by Gasteiger charge is -2.13. The zero-order chi connectivity index (χ0) is 5.91. The molecule has 0 rings (SSSR count). The van der Waals surface area contributed by atoms with Crippen molar-refractivity contribution < 1.29 is 5.11 Å². The van der Waals surface area contributed by atoms with E-state index >= 15 is 0 Å². The Kier molecular flexibility index (Phi) is 7.19. The first-order valence-corrected chi connectivity index (χ1v) is 3.41. The summed E-state index contributed by atoms with van der Waals surface area (Å²) < 4.78 is 0. The van der Waals surface area contributed by atoms with Crippen LogP contribution in [0.5, 0.6) is 0 Å². The molecular weight excluding hydrogens is 235 g/mol. The highest BCUT2D eigenvalue weighted by Gasteiger charge is 2.09. The van der Waals surface area contributed by atoms with E-state index in [9.17, 15) is 0 Å². The van der Waals surface area contributed by atoms with Gasteiger partial charge < -0.3 is 5.11 Å². The second kappa shape index (κ2) is 4.88. The minimum atomic E-state index is -0.533. The fraction of sp³-hybridized carbons (Fsp3) is 1.00. The monoisotopic (exact) mass is 248 g/mol. The third kappa shape index (κ3) is 10.1. The molecule has 3 heteroatoms. The molecule has 0 heterocycles. The van der Waals surface area contributed by atoms with Gasteiger partial charge >= 0.3 is 0 Å². The molecule has 1 N–H and O–H groups in total. The lowest BCUT2D eigenvalue weighted by molar-refractivity contribution is 0.179. The maximum absolute atomic E-state index is 8.98. The SMILES string of the molecule is CCSC(C)(C)O.I. The maximum Gasteiger partial charge on any atom is 0.104 e. The molecule has 0 aromatic rings. The van der Waals surface area contributed by atoms with Crippen LogP contribution in [0.15, 0.2) is 0 Å². The first kappa shape index (κ1) is 11.8. The number of rotatable bonds is 2. The molecule has 0 unspecified atom stereocenters. The van der Waals surface area contributed by atoms with E-state index in [1.54, 1.807) is 25.6 Å². The van der Waals surface area contributed by atoms with E-state index < -0.39 is 4.93 Å². The number of halogens is 1. The van der Waals surface area contributed by atoms with Gasteiger partial charge in [-0.3, -0.25) is 0 Å². The molecule has 0 aromatic carbocycles. The van der Waals surface area contributed by atoms with Crippen LogP contribution in [-0.2, 0) is 0 Å². The van der Waals surface area contributed by atoms with Crippen molar-refractivity contribution >= 4 is 35.7 Å². The van der Waals surface area contributed by atoms with Crippen LogP contribution in [0.3, 0.4) is 0 Å². The van der Waals surface area contributed by atoms with Gasteiger partial charge in [0.1, 0.15) is 4.93 Å². The Morgan fingerprint density at radius 3 is 1.88 bits per heavy atom. The molecule has 1 nitrogen and oxygen atoms in total. The van der Waals surface area contributed by atoms with Crippen LogP contribution >= 0.6 is 35.7 Å². The number of aliphatic hydroxyl groups is 1. The standard InChI is InChI=1S/C5H12OS.HI/c1-4-7-5(2,3)6;/h6H,4H2,1-3H3;1H. The van der Waals surface area contributed by atoms with Gasteiger partial charge in [0.05, 0.1) is 0 Å².